The van der Waals surface area contributed by atoms with Gasteiger partial charge in [0.1, 0.15) is 5.82 Å². The van der Waals surface area contributed by atoms with Crippen LogP contribution in [0, 0.1) is 5.92 Å². The quantitative estimate of drug-likeness (QED) is 0.743. The van der Waals surface area contributed by atoms with Crippen LogP contribution in [0.4, 0.5) is 5.82 Å². The Morgan fingerprint density at radius 3 is 3.00 bits per heavy atom. The molecule has 2 N–H and O–H groups in total. The number of hydrogen-bond acceptors (Lipinski definition) is 5. The maximum atomic E-state index is 10.6. The first-order valence-electron chi connectivity index (χ1n) is 6.12. The molecule has 0 aromatic carbocycles. The molecule has 2 rings (SSSR count). The average Bonchev–Trinajstić information content (AvgIpc) is 2.88. The lowest BCUT2D eigenvalue weighted by molar-refractivity contribution is 0.0690. The van der Waals surface area contributed by atoms with Gasteiger partial charge in [-0.25, -0.2) is 14.8 Å². The molecule has 1 aromatic rings. The molecule has 6 nitrogen and oxygen atoms in total. The molecule has 1 atom stereocenters. The highest BCUT2D eigenvalue weighted by molar-refractivity contribution is 5.84. The van der Waals surface area contributed by atoms with Crippen LogP contribution in [0.2, 0.25) is 0 Å². The Labute approximate surface area is 105 Å². The van der Waals surface area contributed by atoms with Gasteiger partial charge in [0, 0.05) is 19.8 Å². The predicted octanol–water partition coefficient (Wildman–Crippen LogP) is 1.40. The minimum absolute atomic E-state index is 0.0383. The van der Waals surface area contributed by atoms with Gasteiger partial charge in [-0.2, -0.15) is 0 Å². The van der Waals surface area contributed by atoms with Crippen molar-refractivity contribution in [3.05, 3.63) is 18.1 Å². The molecule has 1 aliphatic rings. The Balaban J connectivity index is 1.68. The molecular weight excluding hydrogens is 234 g/mol. The minimum Gasteiger partial charge on any atom is -0.476 e. The second kappa shape index (κ2) is 6.30. The summed E-state index contributed by atoms with van der Waals surface area (Å²) in [5.41, 5.74) is -0.0383. The third-order valence-electron chi connectivity index (χ3n) is 2.99. The van der Waals surface area contributed by atoms with E-state index in [-0.39, 0.29) is 5.69 Å². The average molecular weight is 251 g/mol. The van der Waals surface area contributed by atoms with Crippen molar-refractivity contribution in [3.8, 4) is 0 Å². The summed E-state index contributed by atoms with van der Waals surface area (Å²) in [7, 11) is 0. The van der Waals surface area contributed by atoms with Crippen LogP contribution in [0.5, 0.6) is 0 Å². The fourth-order valence-electron chi connectivity index (χ4n) is 1.95. The summed E-state index contributed by atoms with van der Waals surface area (Å²) in [5, 5.41) is 11.8. The molecule has 0 aliphatic carbocycles. The van der Waals surface area contributed by atoms with Gasteiger partial charge in [-0.3, -0.25) is 0 Å². The Kier molecular flexibility index (Phi) is 4.46. The van der Waals surface area contributed by atoms with Crippen molar-refractivity contribution in [2.45, 2.75) is 19.3 Å². The lowest BCUT2D eigenvalue weighted by Gasteiger charge is -2.08. The third-order valence-corrected chi connectivity index (χ3v) is 2.99. The molecule has 2 heterocycles. The van der Waals surface area contributed by atoms with Crippen molar-refractivity contribution < 1.29 is 14.6 Å². The van der Waals surface area contributed by atoms with Crippen molar-refractivity contribution in [2.75, 3.05) is 25.1 Å². The van der Waals surface area contributed by atoms with E-state index in [1.165, 1.54) is 12.4 Å². The molecule has 1 saturated heterocycles. The van der Waals surface area contributed by atoms with E-state index in [1.54, 1.807) is 0 Å². The summed E-state index contributed by atoms with van der Waals surface area (Å²) in [4.78, 5) is 18.4. The monoisotopic (exact) mass is 251 g/mol. The highest BCUT2D eigenvalue weighted by Gasteiger charge is 2.14. The number of aromatic carboxylic acids is 1. The van der Waals surface area contributed by atoms with E-state index >= 15 is 0 Å². The minimum atomic E-state index is -1.06. The highest BCUT2D eigenvalue weighted by Crippen LogP contribution is 2.17. The van der Waals surface area contributed by atoms with Gasteiger partial charge < -0.3 is 15.2 Å². The van der Waals surface area contributed by atoms with Crippen LogP contribution in [0.3, 0.4) is 0 Å². The summed E-state index contributed by atoms with van der Waals surface area (Å²) in [6, 6.07) is 0. The molecule has 0 saturated carbocycles. The van der Waals surface area contributed by atoms with Gasteiger partial charge in [0.15, 0.2) is 5.69 Å². The van der Waals surface area contributed by atoms with E-state index in [2.05, 4.69) is 15.3 Å². The standard InChI is InChI=1S/C12H17N3O3/c16-12(17)10-6-15-11(7-14-10)13-4-1-2-9-3-5-18-8-9/h6-7,9H,1-5,8H2,(H,13,15)(H,16,17). The van der Waals surface area contributed by atoms with Gasteiger partial charge in [-0.15, -0.1) is 0 Å². The van der Waals surface area contributed by atoms with Gasteiger partial charge in [0.05, 0.1) is 12.4 Å². The predicted molar refractivity (Wildman–Crippen MR) is 65.6 cm³/mol. The smallest absolute Gasteiger partial charge is 0.356 e. The van der Waals surface area contributed by atoms with Crippen LogP contribution in [-0.2, 0) is 4.74 Å². The molecule has 0 radical (unpaired) electrons. The zero-order valence-electron chi connectivity index (χ0n) is 10.1. The van der Waals surface area contributed by atoms with E-state index in [0.29, 0.717) is 11.7 Å². The number of anilines is 1. The number of hydrogen-bond donors (Lipinski definition) is 2. The SMILES string of the molecule is O=C(O)c1cnc(NCCCC2CCOC2)cn1. The van der Waals surface area contributed by atoms with Crippen LogP contribution in [0.15, 0.2) is 12.4 Å². The number of rotatable bonds is 6. The van der Waals surface area contributed by atoms with Gasteiger partial charge in [-0.05, 0) is 25.2 Å². The lowest BCUT2D eigenvalue weighted by Crippen LogP contribution is -2.08. The zero-order valence-corrected chi connectivity index (χ0v) is 10.1. The second-order valence-electron chi connectivity index (χ2n) is 4.39. The van der Waals surface area contributed by atoms with E-state index < -0.39 is 5.97 Å². The molecule has 98 valence electrons. The normalized spacial score (nSPS) is 18.8. The molecule has 1 aromatic heterocycles. The number of carboxylic acid groups (broad SMARTS) is 1. The fourth-order valence-corrected chi connectivity index (χ4v) is 1.95. The summed E-state index contributed by atoms with van der Waals surface area (Å²) in [5.74, 6) is 0.241. The molecule has 18 heavy (non-hydrogen) atoms. The van der Waals surface area contributed by atoms with Crippen molar-refractivity contribution in [2.24, 2.45) is 5.92 Å². The van der Waals surface area contributed by atoms with Crippen LogP contribution in [0.1, 0.15) is 29.8 Å². The number of nitrogens with zero attached hydrogens (tertiary/aromatic N) is 2. The molecule has 0 bridgehead atoms. The maximum absolute atomic E-state index is 10.6. The van der Waals surface area contributed by atoms with Crippen LogP contribution in [0.25, 0.3) is 0 Å². The fraction of sp³-hybridized carbons (Fsp3) is 0.583. The van der Waals surface area contributed by atoms with Crippen molar-refractivity contribution in [3.63, 3.8) is 0 Å². The maximum Gasteiger partial charge on any atom is 0.356 e. The Bertz CT molecular complexity index is 388. The van der Waals surface area contributed by atoms with Crippen LogP contribution >= 0.6 is 0 Å². The van der Waals surface area contributed by atoms with Gasteiger partial charge >= 0.3 is 5.97 Å². The molecular formula is C12H17N3O3. The van der Waals surface area contributed by atoms with Gasteiger partial charge in [0.2, 0.25) is 0 Å². The van der Waals surface area contributed by atoms with Crippen molar-refractivity contribution in [1.82, 2.24) is 9.97 Å². The zero-order chi connectivity index (χ0) is 12.8. The Hall–Kier alpha value is -1.69. The van der Waals surface area contributed by atoms with Crippen LogP contribution in [-0.4, -0.2) is 40.8 Å². The topological polar surface area (TPSA) is 84.3 Å². The summed E-state index contributed by atoms with van der Waals surface area (Å²) < 4.78 is 5.31. The van der Waals surface area contributed by atoms with E-state index in [0.717, 1.165) is 39.0 Å². The Morgan fingerprint density at radius 1 is 1.50 bits per heavy atom. The molecule has 1 aliphatic heterocycles. The molecule has 1 unspecified atom stereocenters. The first-order chi connectivity index (χ1) is 8.75. The summed E-state index contributed by atoms with van der Waals surface area (Å²) in [6.45, 7) is 2.59. The van der Waals surface area contributed by atoms with E-state index in [4.69, 9.17) is 9.84 Å². The lowest BCUT2D eigenvalue weighted by atomic mass is 10.0. The van der Waals surface area contributed by atoms with Crippen LogP contribution < -0.4 is 5.32 Å². The second-order valence-corrected chi connectivity index (χ2v) is 4.39. The van der Waals surface area contributed by atoms with E-state index in [1.807, 2.05) is 0 Å². The summed E-state index contributed by atoms with van der Waals surface area (Å²) >= 11 is 0. The Morgan fingerprint density at radius 2 is 2.39 bits per heavy atom. The molecule has 6 heteroatoms. The van der Waals surface area contributed by atoms with E-state index in [9.17, 15) is 4.79 Å². The number of carbonyl (C=O) groups is 1. The summed E-state index contributed by atoms with van der Waals surface area (Å²) in [6.07, 6.45) is 6.06. The molecule has 0 spiro atoms. The first-order valence-corrected chi connectivity index (χ1v) is 6.12. The first kappa shape index (κ1) is 12.8. The number of ether oxygens (including phenoxy) is 1. The highest BCUT2D eigenvalue weighted by atomic mass is 16.5. The molecule has 1 fully saturated rings. The van der Waals surface area contributed by atoms with Crippen molar-refractivity contribution >= 4 is 11.8 Å². The number of carboxylic acids is 1. The van der Waals surface area contributed by atoms with Crippen molar-refractivity contribution in [1.29, 1.82) is 0 Å². The largest absolute Gasteiger partial charge is 0.476 e. The number of nitrogens with one attached hydrogen (secondary N) is 1. The van der Waals surface area contributed by atoms with Gasteiger partial charge in [0.25, 0.3) is 0 Å². The third kappa shape index (κ3) is 3.66. The van der Waals surface area contributed by atoms with Gasteiger partial charge in [-0.1, -0.05) is 0 Å². The number of aromatic nitrogens is 2. The molecule has 0 amide bonds.